The summed E-state index contributed by atoms with van der Waals surface area (Å²) in [6.07, 6.45) is 0. The fourth-order valence-corrected chi connectivity index (χ4v) is 1.03. The Morgan fingerprint density at radius 3 is 2.56 bits per heavy atom. The molecule has 0 radical (unpaired) electrons. The highest BCUT2D eigenvalue weighted by Gasteiger charge is 2.22. The zero-order valence-corrected chi connectivity index (χ0v) is 8.10. The molecule has 0 aliphatic rings. The van der Waals surface area contributed by atoms with Crippen molar-refractivity contribution in [1.29, 1.82) is 0 Å². The maximum atomic E-state index is 11.3. The molecule has 1 aromatic heterocycles. The first-order chi connectivity index (χ1) is 7.43. The maximum Gasteiger partial charge on any atom is 0.459 e. The lowest BCUT2D eigenvalue weighted by atomic mass is 10.6. The summed E-state index contributed by atoms with van der Waals surface area (Å²) in [5.74, 6) is -0.681. The van der Waals surface area contributed by atoms with Gasteiger partial charge < -0.3 is 15.0 Å². The van der Waals surface area contributed by atoms with E-state index in [2.05, 4.69) is 9.94 Å². The second-order valence-electron chi connectivity index (χ2n) is 2.67. The Kier molecular flexibility index (Phi) is 3.17. The van der Waals surface area contributed by atoms with Crippen LogP contribution >= 0.6 is 0 Å². The highest BCUT2D eigenvalue weighted by molar-refractivity contribution is 5.02. The highest BCUT2D eigenvalue weighted by atomic mass is 16.9. The van der Waals surface area contributed by atoms with Crippen LogP contribution in [0.15, 0.2) is 4.79 Å². The van der Waals surface area contributed by atoms with Crippen LogP contribution in [0.1, 0.15) is 0 Å². The zero-order valence-electron chi connectivity index (χ0n) is 8.10. The molecule has 0 saturated heterocycles. The fraction of sp³-hybridized carbons (Fsp3) is 0.600. The van der Waals surface area contributed by atoms with Crippen molar-refractivity contribution in [1.82, 2.24) is 14.3 Å². The Balaban J connectivity index is 2.89. The van der Waals surface area contributed by atoms with Crippen molar-refractivity contribution in [2.45, 2.75) is 6.54 Å². The van der Waals surface area contributed by atoms with Crippen molar-refractivity contribution < 1.29 is 14.8 Å². The second kappa shape index (κ2) is 4.37. The average molecular weight is 233 g/mol. The normalized spacial score (nSPS) is 10.1. The number of aryl methyl sites for hydroxylation is 1. The van der Waals surface area contributed by atoms with E-state index in [0.29, 0.717) is 4.57 Å². The van der Waals surface area contributed by atoms with Crippen LogP contribution in [0, 0.1) is 20.2 Å². The molecule has 88 valence electrons. The van der Waals surface area contributed by atoms with E-state index in [1.165, 1.54) is 7.05 Å². The van der Waals surface area contributed by atoms with Gasteiger partial charge in [0.05, 0.1) is 7.05 Å². The highest BCUT2D eigenvalue weighted by Crippen LogP contribution is 2.02. The van der Waals surface area contributed by atoms with E-state index in [0.717, 1.165) is 4.68 Å². The molecule has 11 nitrogen and oxygen atoms in total. The molecule has 0 fully saturated rings. The largest absolute Gasteiger partial charge is 0.459 e. The number of aromatic nitrogens is 3. The van der Waals surface area contributed by atoms with Gasteiger partial charge in [0.15, 0.2) is 0 Å². The summed E-state index contributed by atoms with van der Waals surface area (Å²) < 4.78 is 1.45. The molecule has 0 aliphatic carbocycles. The summed E-state index contributed by atoms with van der Waals surface area (Å²) in [4.78, 5) is 34.7. The molecule has 0 saturated carbocycles. The Morgan fingerprint density at radius 2 is 2.06 bits per heavy atom. The van der Waals surface area contributed by atoms with E-state index in [-0.39, 0.29) is 6.54 Å². The van der Waals surface area contributed by atoms with Gasteiger partial charge in [-0.15, -0.1) is 14.8 Å². The Morgan fingerprint density at radius 1 is 1.44 bits per heavy atom. The third kappa shape index (κ3) is 2.31. The SMILES string of the molecule is Cn1nc([N+](=O)[O-])n(CCO[N+](=O)[O-])c1=O. The van der Waals surface area contributed by atoms with Gasteiger partial charge in [-0.25, -0.2) is 4.79 Å². The van der Waals surface area contributed by atoms with Gasteiger partial charge in [0.25, 0.3) is 5.09 Å². The molecule has 1 heterocycles. The number of nitro groups is 1. The molecule has 11 heteroatoms. The molecule has 1 rings (SSSR count). The van der Waals surface area contributed by atoms with Crippen molar-refractivity contribution >= 4 is 5.95 Å². The predicted octanol–water partition coefficient (Wildman–Crippen LogP) is -1.30. The van der Waals surface area contributed by atoms with Crippen LogP contribution in [0.25, 0.3) is 0 Å². The summed E-state index contributed by atoms with van der Waals surface area (Å²) in [7, 11) is 1.24. The lowest BCUT2D eigenvalue weighted by molar-refractivity contribution is -0.758. The lowest BCUT2D eigenvalue weighted by Gasteiger charge is -1.97. The third-order valence-electron chi connectivity index (χ3n) is 1.66. The van der Waals surface area contributed by atoms with Gasteiger partial charge in [0.1, 0.15) is 13.2 Å². The van der Waals surface area contributed by atoms with Crippen LogP contribution in [-0.2, 0) is 18.4 Å². The molecular weight excluding hydrogens is 226 g/mol. The van der Waals surface area contributed by atoms with Crippen molar-refractivity contribution in [2.75, 3.05) is 6.61 Å². The second-order valence-corrected chi connectivity index (χ2v) is 2.67. The van der Waals surface area contributed by atoms with Crippen molar-refractivity contribution in [3.05, 3.63) is 30.7 Å². The lowest BCUT2D eigenvalue weighted by Crippen LogP contribution is -2.25. The minimum atomic E-state index is -1.05. The van der Waals surface area contributed by atoms with Gasteiger partial charge in [0.2, 0.25) is 0 Å². The number of hydrogen-bond acceptors (Lipinski definition) is 7. The molecule has 1 aromatic rings. The molecular formula is C5H7N5O6. The molecule has 0 N–H and O–H groups in total. The minimum absolute atomic E-state index is 0.316. The van der Waals surface area contributed by atoms with Gasteiger partial charge in [-0.2, -0.15) is 4.57 Å². The monoisotopic (exact) mass is 233 g/mol. The van der Waals surface area contributed by atoms with E-state index >= 15 is 0 Å². The number of hydrogen-bond donors (Lipinski definition) is 0. The fourth-order valence-electron chi connectivity index (χ4n) is 1.03. The van der Waals surface area contributed by atoms with Crippen LogP contribution in [0.5, 0.6) is 0 Å². The summed E-state index contributed by atoms with van der Waals surface area (Å²) in [6.45, 7) is -0.774. The Labute approximate surface area is 87.1 Å². The summed E-state index contributed by atoms with van der Waals surface area (Å²) in [6, 6.07) is 0. The minimum Gasteiger partial charge on any atom is -0.390 e. The molecule has 0 atom stereocenters. The summed E-state index contributed by atoms with van der Waals surface area (Å²) >= 11 is 0. The van der Waals surface area contributed by atoms with Gasteiger partial charge in [-0.3, -0.25) is 0 Å². The first-order valence-corrected chi connectivity index (χ1v) is 3.99. The van der Waals surface area contributed by atoms with Gasteiger partial charge in [-0.05, 0) is 4.92 Å². The number of nitrogens with zero attached hydrogens (tertiary/aromatic N) is 5. The first kappa shape index (κ1) is 11.6. The molecule has 0 unspecified atom stereocenters. The molecule has 0 aliphatic heterocycles. The molecule has 0 spiro atoms. The van der Waals surface area contributed by atoms with Crippen LogP contribution in [0.2, 0.25) is 0 Å². The Hall–Kier alpha value is -2.46. The van der Waals surface area contributed by atoms with E-state index in [9.17, 15) is 25.0 Å². The zero-order chi connectivity index (χ0) is 12.3. The van der Waals surface area contributed by atoms with Crippen LogP contribution in [0.4, 0.5) is 5.95 Å². The average Bonchev–Trinajstić information content (AvgIpc) is 2.45. The van der Waals surface area contributed by atoms with E-state index < -0.39 is 28.3 Å². The van der Waals surface area contributed by atoms with Crippen LogP contribution in [0.3, 0.4) is 0 Å². The molecule has 16 heavy (non-hydrogen) atoms. The third-order valence-corrected chi connectivity index (χ3v) is 1.66. The van der Waals surface area contributed by atoms with Gasteiger partial charge >= 0.3 is 11.6 Å². The quantitative estimate of drug-likeness (QED) is 0.455. The van der Waals surface area contributed by atoms with Crippen LogP contribution in [-0.4, -0.2) is 31.0 Å². The summed E-state index contributed by atoms with van der Waals surface area (Å²) in [5, 5.41) is 22.6. The molecule has 0 amide bonds. The smallest absolute Gasteiger partial charge is 0.390 e. The van der Waals surface area contributed by atoms with Crippen molar-refractivity contribution in [3.8, 4) is 0 Å². The van der Waals surface area contributed by atoms with Gasteiger partial charge in [-0.1, -0.05) is 0 Å². The van der Waals surface area contributed by atoms with E-state index in [1.807, 2.05) is 0 Å². The summed E-state index contributed by atoms with van der Waals surface area (Å²) in [5.41, 5.74) is -0.737. The Bertz CT molecular complexity index is 474. The topological polar surface area (TPSA) is 135 Å². The molecule has 0 bridgehead atoms. The van der Waals surface area contributed by atoms with Crippen molar-refractivity contribution in [2.24, 2.45) is 7.05 Å². The van der Waals surface area contributed by atoms with Crippen molar-refractivity contribution in [3.63, 3.8) is 0 Å². The van der Waals surface area contributed by atoms with Gasteiger partial charge in [0, 0.05) is 5.10 Å². The number of rotatable bonds is 5. The molecule has 0 aromatic carbocycles. The first-order valence-electron chi connectivity index (χ1n) is 3.99. The predicted molar refractivity (Wildman–Crippen MR) is 47.1 cm³/mol. The van der Waals surface area contributed by atoms with Crippen LogP contribution < -0.4 is 5.69 Å². The standard InChI is InChI=1S/C5H7N5O6/c1-7-5(11)8(2-3-16-10(14)15)4(6-7)9(12)13/h2-3H2,1H3. The van der Waals surface area contributed by atoms with E-state index in [1.54, 1.807) is 0 Å². The maximum absolute atomic E-state index is 11.3. The van der Waals surface area contributed by atoms with E-state index in [4.69, 9.17) is 0 Å².